The van der Waals surface area contributed by atoms with Gasteiger partial charge in [0.05, 0.1) is 28.3 Å². The van der Waals surface area contributed by atoms with Crippen molar-refractivity contribution in [1.29, 1.82) is 0 Å². The number of carbonyl (C=O) groups excluding carboxylic acids is 1. The summed E-state index contributed by atoms with van der Waals surface area (Å²) < 4.78 is 5.57. The summed E-state index contributed by atoms with van der Waals surface area (Å²) >= 11 is 12.4. The van der Waals surface area contributed by atoms with Crippen LogP contribution in [0.15, 0.2) is 18.2 Å². The van der Waals surface area contributed by atoms with E-state index in [1.54, 1.807) is 18.2 Å². The molecule has 4 rings (SSSR count). The fourth-order valence-corrected chi connectivity index (χ4v) is 4.35. The molecule has 8 nitrogen and oxygen atoms in total. The second-order valence-corrected chi connectivity index (χ2v) is 7.95. The van der Waals surface area contributed by atoms with Gasteiger partial charge in [-0.05, 0) is 12.5 Å². The van der Waals surface area contributed by atoms with E-state index in [-0.39, 0.29) is 33.6 Å². The van der Waals surface area contributed by atoms with Crippen molar-refractivity contribution in [3.8, 4) is 11.1 Å². The zero-order valence-electron chi connectivity index (χ0n) is 15.0. The maximum Gasteiger partial charge on any atom is 0.268 e. The van der Waals surface area contributed by atoms with E-state index < -0.39 is 5.91 Å². The zero-order chi connectivity index (χ0) is 20.1. The van der Waals surface area contributed by atoms with E-state index in [4.69, 9.17) is 45.1 Å². The van der Waals surface area contributed by atoms with Gasteiger partial charge in [0.15, 0.2) is 0 Å². The molecule has 1 spiro atoms. The molecule has 2 atom stereocenters. The van der Waals surface area contributed by atoms with E-state index >= 15 is 0 Å². The van der Waals surface area contributed by atoms with Crippen molar-refractivity contribution in [3.05, 3.63) is 33.9 Å². The maximum absolute atomic E-state index is 12.1. The van der Waals surface area contributed by atoms with E-state index in [2.05, 4.69) is 9.97 Å². The Labute approximate surface area is 171 Å². The van der Waals surface area contributed by atoms with Gasteiger partial charge < -0.3 is 26.8 Å². The first-order valence-electron chi connectivity index (χ1n) is 8.84. The Balaban J connectivity index is 1.74. The number of rotatable bonds is 4. The van der Waals surface area contributed by atoms with Crippen LogP contribution in [0.1, 0.15) is 16.9 Å². The third-order valence-electron chi connectivity index (χ3n) is 5.52. The minimum atomic E-state index is -0.720. The van der Waals surface area contributed by atoms with Gasteiger partial charge in [-0.1, -0.05) is 35.3 Å². The van der Waals surface area contributed by atoms with Crippen molar-refractivity contribution in [3.63, 3.8) is 0 Å². The topological polar surface area (TPSA) is 133 Å². The van der Waals surface area contributed by atoms with Gasteiger partial charge in [-0.2, -0.15) is 4.98 Å². The predicted octanol–water partition coefficient (Wildman–Crippen LogP) is 1.69. The first-order chi connectivity index (χ1) is 13.4. The Kier molecular flexibility index (Phi) is 4.83. The number of nitrogens with zero attached hydrogens (tertiary/aromatic N) is 3. The van der Waals surface area contributed by atoms with Crippen molar-refractivity contribution in [2.75, 3.05) is 36.9 Å². The van der Waals surface area contributed by atoms with Crippen LogP contribution in [-0.2, 0) is 4.74 Å². The highest BCUT2D eigenvalue weighted by Gasteiger charge is 2.52. The molecule has 3 heterocycles. The standard InChI is InChI=1S/C18H20Cl2N6O2/c19-10-3-1-2-9(13(10)20)12-14(16(23)27)24-17(25-15(12)22)26-5-4-18(7-26)8-28-11(18)6-21/h1-3,11H,4-8,21H2,(H2,23,27)(H2,22,24,25). The lowest BCUT2D eigenvalue weighted by atomic mass is 9.77. The van der Waals surface area contributed by atoms with Crippen molar-refractivity contribution in [1.82, 2.24) is 9.97 Å². The summed E-state index contributed by atoms with van der Waals surface area (Å²) in [5.74, 6) is -0.251. The van der Waals surface area contributed by atoms with Crippen molar-refractivity contribution < 1.29 is 9.53 Å². The minimum Gasteiger partial charge on any atom is -0.383 e. The number of halogens is 2. The Morgan fingerprint density at radius 3 is 2.79 bits per heavy atom. The summed E-state index contributed by atoms with van der Waals surface area (Å²) in [6.07, 6.45) is 0.932. The molecule has 2 unspecified atom stereocenters. The Morgan fingerprint density at radius 1 is 1.36 bits per heavy atom. The molecule has 0 saturated carbocycles. The lowest BCUT2D eigenvalue weighted by molar-refractivity contribution is -0.169. The van der Waals surface area contributed by atoms with Crippen molar-refractivity contribution in [2.24, 2.45) is 16.9 Å². The van der Waals surface area contributed by atoms with E-state index in [9.17, 15) is 4.79 Å². The number of amides is 1. The maximum atomic E-state index is 12.1. The number of nitrogens with two attached hydrogens (primary N) is 3. The van der Waals surface area contributed by atoms with Gasteiger partial charge >= 0.3 is 0 Å². The molecule has 10 heteroatoms. The van der Waals surface area contributed by atoms with Crippen LogP contribution in [0.3, 0.4) is 0 Å². The molecule has 2 aromatic rings. The smallest absolute Gasteiger partial charge is 0.268 e. The first-order valence-corrected chi connectivity index (χ1v) is 9.60. The Hall–Kier alpha value is -2.13. The molecule has 6 N–H and O–H groups in total. The predicted molar refractivity (Wildman–Crippen MR) is 108 cm³/mol. The van der Waals surface area contributed by atoms with Crippen LogP contribution in [0, 0.1) is 5.41 Å². The highest BCUT2D eigenvalue weighted by atomic mass is 35.5. The second kappa shape index (κ2) is 7.04. The zero-order valence-corrected chi connectivity index (χ0v) is 16.5. The third kappa shape index (κ3) is 2.97. The molecule has 148 valence electrons. The number of primary amides is 1. The SMILES string of the molecule is NCC1OCC12CCN(c1nc(N)c(-c3cccc(Cl)c3Cl)c(C(N)=O)n1)C2. The van der Waals surface area contributed by atoms with Gasteiger partial charge in [0.1, 0.15) is 11.5 Å². The summed E-state index contributed by atoms with van der Waals surface area (Å²) in [6.45, 7) is 2.52. The number of hydrogen-bond acceptors (Lipinski definition) is 7. The highest BCUT2D eigenvalue weighted by molar-refractivity contribution is 6.44. The molecule has 1 aromatic heterocycles. The number of carbonyl (C=O) groups is 1. The van der Waals surface area contributed by atoms with Gasteiger partial charge in [0.2, 0.25) is 5.95 Å². The van der Waals surface area contributed by atoms with E-state index in [0.717, 1.165) is 13.0 Å². The summed E-state index contributed by atoms with van der Waals surface area (Å²) in [4.78, 5) is 23.0. The van der Waals surface area contributed by atoms with Gasteiger partial charge in [0, 0.05) is 30.6 Å². The van der Waals surface area contributed by atoms with Crippen LogP contribution in [-0.4, -0.2) is 48.2 Å². The number of anilines is 2. The largest absolute Gasteiger partial charge is 0.383 e. The fourth-order valence-electron chi connectivity index (χ4n) is 3.95. The monoisotopic (exact) mass is 422 g/mol. The molecule has 2 fully saturated rings. The van der Waals surface area contributed by atoms with Crippen LogP contribution < -0.4 is 22.1 Å². The minimum absolute atomic E-state index is 0.00526. The summed E-state index contributed by atoms with van der Waals surface area (Å²) in [5.41, 5.74) is 18.3. The molecule has 2 saturated heterocycles. The summed E-state index contributed by atoms with van der Waals surface area (Å²) in [6, 6.07) is 5.04. The number of nitrogen functional groups attached to an aromatic ring is 1. The molecule has 0 bridgehead atoms. The van der Waals surface area contributed by atoms with E-state index in [0.29, 0.717) is 36.2 Å². The number of hydrogen-bond donors (Lipinski definition) is 3. The van der Waals surface area contributed by atoms with Crippen molar-refractivity contribution >= 4 is 40.9 Å². The highest BCUT2D eigenvalue weighted by Crippen LogP contribution is 2.44. The van der Waals surface area contributed by atoms with Crippen LogP contribution in [0.5, 0.6) is 0 Å². The van der Waals surface area contributed by atoms with Gasteiger partial charge in [-0.3, -0.25) is 4.79 Å². The van der Waals surface area contributed by atoms with Crippen LogP contribution in [0.4, 0.5) is 11.8 Å². The second-order valence-electron chi connectivity index (χ2n) is 7.17. The van der Waals surface area contributed by atoms with Gasteiger partial charge in [-0.15, -0.1) is 0 Å². The van der Waals surface area contributed by atoms with Gasteiger partial charge in [0.25, 0.3) is 5.91 Å². The lowest BCUT2D eigenvalue weighted by Crippen LogP contribution is -2.56. The van der Waals surface area contributed by atoms with Crippen LogP contribution in [0.2, 0.25) is 10.0 Å². The quantitative estimate of drug-likeness (QED) is 0.681. The number of aromatic nitrogens is 2. The lowest BCUT2D eigenvalue weighted by Gasteiger charge is -2.46. The van der Waals surface area contributed by atoms with Gasteiger partial charge in [-0.25, -0.2) is 4.98 Å². The Morgan fingerprint density at radius 2 is 2.14 bits per heavy atom. The summed E-state index contributed by atoms with van der Waals surface area (Å²) in [5, 5.41) is 0.588. The van der Waals surface area contributed by atoms with Crippen molar-refractivity contribution in [2.45, 2.75) is 12.5 Å². The fraction of sp³-hybridized carbons (Fsp3) is 0.389. The number of benzene rings is 1. The third-order valence-corrected chi connectivity index (χ3v) is 6.34. The Bertz CT molecular complexity index is 954. The normalized spacial score (nSPS) is 23.8. The molecule has 0 radical (unpaired) electrons. The van der Waals surface area contributed by atoms with Crippen LogP contribution >= 0.6 is 23.2 Å². The molecule has 1 amide bonds. The molecule has 28 heavy (non-hydrogen) atoms. The molecule has 1 aromatic carbocycles. The molecule has 0 aliphatic carbocycles. The molecular formula is C18H20Cl2N6O2. The number of ether oxygens (including phenoxy) is 1. The average molecular weight is 423 g/mol. The summed E-state index contributed by atoms with van der Waals surface area (Å²) in [7, 11) is 0. The first kappa shape index (κ1) is 19.2. The molecule has 2 aliphatic heterocycles. The van der Waals surface area contributed by atoms with E-state index in [1.807, 2.05) is 4.90 Å². The molecule has 2 aliphatic rings. The average Bonchev–Trinajstić information content (AvgIpc) is 3.11. The van der Waals surface area contributed by atoms with E-state index in [1.165, 1.54) is 0 Å². The van der Waals surface area contributed by atoms with Crippen LogP contribution in [0.25, 0.3) is 11.1 Å². The molecular weight excluding hydrogens is 403 g/mol.